The average Bonchev–Trinajstić information content (AvgIpc) is 1.07. The number of hydrogen-bond acceptors (Lipinski definition) is 1. The lowest BCUT2D eigenvalue weighted by atomic mass is 9.62. The van der Waals surface area contributed by atoms with Crippen LogP contribution in [0.1, 0.15) is 43.2 Å². The smallest absolute Gasteiger partial charge is 0.0541 e. The van der Waals surface area contributed by atoms with Gasteiger partial charge in [0.2, 0.25) is 0 Å². The van der Waals surface area contributed by atoms with Crippen LogP contribution in [0.5, 0.6) is 0 Å². The lowest BCUT2D eigenvalue weighted by molar-refractivity contribution is 0.344. The summed E-state index contributed by atoms with van der Waals surface area (Å²) in [4.78, 5) is 2.56. The van der Waals surface area contributed by atoms with E-state index in [-0.39, 0.29) is 5.41 Å². The number of nitrogens with zero attached hydrogens (tertiary/aromatic N) is 6. The van der Waals surface area contributed by atoms with E-state index in [1.165, 1.54) is 197 Å². The molecule has 20 aromatic carbocycles. The van der Waals surface area contributed by atoms with E-state index in [1.54, 1.807) is 0 Å². The van der Waals surface area contributed by atoms with Gasteiger partial charge in [-0.05, 0) is 255 Å². The minimum Gasteiger partial charge on any atom is -0.310 e. The van der Waals surface area contributed by atoms with Crippen LogP contribution in [0.4, 0.5) is 17.1 Å². The topological polar surface area (TPSA) is 27.9 Å². The summed E-state index contributed by atoms with van der Waals surface area (Å²) in [6, 6.07) is 175. The molecule has 1 saturated carbocycles. The highest BCUT2D eigenvalue weighted by Crippen LogP contribution is 2.58. The number of anilines is 3. The Labute approximate surface area is 765 Å². The largest absolute Gasteiger partial charge is 0.310 e. The monoisotopic (exact) mass is 1680 g/mol. The molecule has 0 unspecified atom stereocenters. The van der Waals surface area contributed by atoms with Crippen LogP contribution in [0.15, 0.2) is 473 Å². The third kappa shape index (κ3) is 12.5. The fourth-order valence-electron chi connectivity index (χ4n) is 22.6. The van der Waals surface area contributed by atoms with Gasteiger partial charge in [0.25, 0.3) is 0 Å². The summed E-state index contributed by atoms with van der Waals surface area (Å²) in [6.45, 7) is 0. The van der Waals surface area contributed by atoms with Gasteiger partial charge < -0.3 is 27.7 Å². The molecule has 6 nitrogen and oxygen atoms in total. The SMILES string of the molecule is c1ccc(-c2cc(-c3cc(-n4c5ccccc5c5ccccc54)cc(-n4c5ccccc5c5ccccc54)c3)cc(-c3cc(-n4c5ccccc5c5ccccc54)cc(-n4c5ccccc5c5ccccc54)c3)c2)cc1.c1ccc(-c2cc(-c3ccccc3)cc(-c3cc(N4c5ccccc5C5(CCCCC5)c5ccccc54)cc(-n4c5ccccc5c5ccccc54)c3)c2)cc1. The van der Waals surface area contributed by atoms with Crippen molar-refractivity contribution in [2.24, 2.45) is 0 Å². The van der Waals surface area contributed by atoms with Gasteiger partial charge >= 0.3 is 0 Å². The molecular formula is C126H88N6. The first kappa shape index (κ1) is 76.4. The van der Waals surface area contributed by atoms with Crippen LogP contribution in [0.2, 0.25) is 0 Å². The molecule has 1 aliphatic heterocycles. The predicted octanol–water partition coefficient (Wildman–Crippen LogP) is 33.9. The minimum atomic E-state index is 0.0316. The van der Waals surface area contributed by atoms with Crippen LogP contribution in [0.3, 0.4) is 0 Å². The minimum absolute atomic E-state index is 0.0316. The highest BCUT2D eigenvalue weighted by molar-refractivity contribution is 6.14. The van der Waals surface area contributed by atoms with Crippen molar-refractivity contribution in [1.82, 2.24) is 22.8 Å². The Morgan fingerprint density at radius 1 is 0.144 bits per heavy atom. The maximum Gasteiger partial charge on any atom is 0.0541 e. The predicted molar refractivity (Wildman–Crippen MR) is 556 cm³/mol. The molecule has 1 fully saturated rings. The summed E-state index contributed by atoms with van der Waals surface area (Å²) in [6.07, 6.45) is 6.22. The second-order valence-corrected chi connectivity index (χ2v) is 35.8. The van der Waals surface area contributed by atoms with Crippen molar-refractivity contribution in [3.63, 3.8) is 0 Å². The van der Waals surface area contributed by atoms with Crippen LogP contribution in [-0.4, -0.2) is 22.8 Å². The van der Waals surface area contributed by atoms with E-state index in [0.29, 0.717) is 0 Å². The standard InChI is InChI=1S/C72H46N4.C54H42N2/c1-2-20-47(21-3-1)48-38-49(51-41-53(73-65-30-12-4-22-57(65)58-23-5-13-31-66(58)73)45-54(42-51)74-67-32-14-6-24-59(67)60-25-7-15-33-68(60)74)40-50(39-48)52-43-55(75-69-34-16-8-26-61(69)62-27-9-17-35-70(62)75)46-56(44-52)76-71-36-18-10-28-63(71)64-29-11-19-37-72(64)76;1-4-18-38(19-5-1)40-32-41(39-20-6-2-7-21-39)34-42(33-40)43-35-44(55-50-26-12-8-22-46(50)47-23-9-13-27-51(47)55)37-45(36-43)56-52-28-14-10-24-48(52)54(30-16-3-17-31-54)49-25-11-15-29-53(49)56/h1-46H;1-2,4-15,18-29,32-37H,3,16-17,30-31H2. The average molecular weight is 1690 g/mol. The maximum atomic E-state index is 2.56. The molecule has 1 spiro atoms. The molecule has 6 heterocycles. The molecule has 0 radical (unpaired) electrons. The zero-order valence-electron chi connectivity index (χ0n) is 72.8. The zero-order valence-corrected chi connectivity index (χ0v) is 72.8. The molecule has 6 heteroatoms. The molecule has 0 N–H and O–H groups in total. The van der Waals surface area contributed by atoms with Gasteiger partial charge in [-0.2, -0.15) is 0 Å². The van der Waals surface area contributed by atoms with Crippen molar-refractivity contribution >= 4 is 126 Å². The van der Waals surface area contributed by atoms with E-state index in [1.807, 2.05) is 0 Å². The van der Waals surface area contributed by atoms with Crippen molar-refractivity contribution in [3.8, 4) is 95.2 Å². The summed E-state index contributed by atoms with van der Waals surface area (Å²) >= 11 is 0. The van der Waals surface area contributed by atoms with E-state index in [0.717, 1.165) is 67.5 Å². The third-order valence-corrected chi connectivity index (χ3v) is 28.4. The van der Waals surface area contributed by atoms with Crippen molar-refractivity contribution in [3.05, 3.63) is 484 Å². The number of rotatable bonds is 12. The molecule has 5 aromatic heterocycles. The van der Waals surface area contributed by atoms with Crippen LogP contribution in [-0.2, 0) is 5.41 Å². The third-order valence-electron chi connectivity index (χ3n) is 28.4. The molecule has 0 saturated heterocycles. The van der Waals surface area contributed by atoms with E-state index < -0.39 is 0 Å². The first-order valence-corrected chi connectivity index (χ1v) is 46.3. The van der Waals surface area contributed by atoms with E-state index in [9.17, 15) is 0 Å². The molecule has 0 bridgehead atoms. The molecule has 0 amide bonds. The van der Waals surface area contributed by atoms with Crippen molar-refractivity contribution < 1.29 is 0 Å². The molecule has 27 rings (SSSR count). The van der Waals surface area contributed by atoms with Gasteiger partial charge in [-0.25, -0.2) is 0 Å². The van der Waals surface area contributed by atoms with Crippen molar-refractivity contribution in [2.75, 3.05) is 4.90 Å². The highest BCUT2D eigenvalue weighted by atomic mass is 15.2. The Morgan fingerprint density at radius 3 is 0.568 bits per heavy atom. The normalized spacial score (nSPS) is 13.0. The number of benzene rings is 20. The molecular weight excluding hydrogens is 1600 g/mol. The summed E-state index contributed by atoms with van der Waals surface area (Å²) in [5.74, 6) is 0. The summed E-state index contributed by atoms with van der Waals surface area (Å²) < 4.78 is 12.3. The fourth-order valence-corrected chi connectivity index (χ4v) is 22.6. The first-order chi connectivity index (χ1) is 65.4. The molecule has 0 atom stereocenters. The number of hydrogen-bond donors (Lipinski definition) is 0. The van der Waals surface area contributed by atoms with E-state index >= 15 is 0 Å². The van der Waals surface area contributed by atoms with Crippen LogP contribution in [0, 0.1) is 0 Å². The van der Waals surface area contributed by atoms with Crippen LogP contribution >= 0.6 is 0 Å². The first-order valence-electron chi connectivity index (χ1n) is 46.3. The van der Waals surface area contributed by atoms with Gasteiger partial charge in [0.05, 0.1) is 66.5 Å². The van der Waals surface area contributed by atoms with E-state index in [4.69, 9.17) is 0 Å². The Kier molecular flexibility index (Phi) is 18.1. The van der Waals surface area contributed by atoms with Crippen molar-refractivity contribution in [2.45, 2.75) is 37.5 Å². The molecule has 132 heavy (non-hydrogen) atoms. The Hall–Kier alpha value is -16.8. The van der Waals surface area contributed by atoms with Gasteiger partial charge in [-0.3, -0.25) is 0 Å². The van der Waals surface area contributed by atoms with Crippen LogP contribution < -0.4 is 4.90 Å². The zero-order chi connectivity index (χ0) is 86.9. The Morgan fingerprint density at radius 2 is 0.326 bits per heavy atom. The summed E-state index contributed by atoms with van der Waals surface area (Å²) in [7, 11) is 0. The lowest BCUT2D eigenvalue weighted by Gasteiger charge is -2.47. The number of aromatic nitrogens is 5. The van der Waals surface area contributed by atoms with Crippen molar-refractivity contribution in [1.29, 1.82) is 0 Å². The number of para-hydroxylation sites is 12. The van der Waals surface area contributed by atoms with Gasteiger partial charge in [-0.1, -0.05) is 329 Å². The molecule has 622 valence electrons. The lowest BCUT2D eigenvalue weighted by Crippen LogP contribution is -2.37. The Balaban J connectivity index is 0.000000145. The van der Waals surface area contributed by atoms with Gasteiger partial charge in [0.15, 0.2) is 0 Å². The Bertz CT molecular complexity index is 7960. The van der Waals surface area contributed by atoms with Gasteiger partial charge in [0, 0.05) is 93.4 Å². The summed E-state index contributed by atoms with van der Waals surface area (Å²) in [5.41, 5.74) is 38.1. The highest BCUT2D eigenvalue weighted by Gasteiger charge is 2.44. The molecule has 1 aliphatic carbocycles. The molecule has 25 aromatic rings. The maximum absolute atomic E-state index is 2.56. The van der Waals surface area contributed by atoms with Gasteiger partial charge in [-0.15, -0.1) is 0 Å². The molecule has 2 aliphatic rings. The van der Waals surface area contributed by atoms with Gasteiger partial charge in [0.1, 0.15) is 0 Å². The second kappa shape index (κ2) is 31.3. The number of fused-ring (bicyclic) bond motifs is 19. The van der Waals surface area contributed by atoms with E-state index in [2.05, 4.69) is 501 Å². The summed E-state index contributed by atoms with van der Waals surface area (Å²) in [5, 5.41) is 12.4. The fraction of sp³-hybridized carbons (Fsp3) is 0.0476. The van der Waals surface area contributed by atoms with Crippen LogP contribution in [0.25, 0.3) is 204 Å². The second-order valence-electron chi connectivity index (χ2n) is 35.8. The quantitative estimate of drug-likeness (QED) is 0.120.